The predicted molar refractivity (Wildman–Crippen MR) is 105 cm³/mol. The Morgan fingerprint density at radius 3 is 2.50 bits per heavy atom. The number of nitrogens with zero attached hydrogens (tertiary/aromatic N) is 1. The van der Waals surface area contributed by atoms with E-state index in [1.165, 1.54) is 0 Å². The van der Waals surface area contributed by atoms with Gasteiger partial charge in [-0.05, 0) is 48.2 Å². The minimum Gasteiger partial charge on any atom is -0.497 e. The Kier molecular flexibility index (Phi) is 4.77. The molecule has 0 unspecified atom stereocenters. The van der Waals surface area contributed by atoms with Gasteiger partial charge in [-0.2, -0.15) is 0 Å². The summed E-state index contributed by atoms with van der Waals surface area (Å²) in [5, 5.41) is 3.48. The molecule has 0 saturated carbocycles. The number of hydrogen-bond acceptors (Lipinski definition) is 3. The van der Waals surface area contributed by atoms with Crippen LogP contribution in [0.25, 0.3) is 11.1 Å². The van der Waals surface area contributed by atoms with E-state index in [0.717, 1.165) is 28.9 Å². The summed E-state index contributed by atoms with van der Waals surface area (Å²) in [6.45, 7) is 8.15. The largest absolute Gasteiger partial charge is 0.497 e. The predicted octanol–water partition coefficient (Wildman–Crippen LogP) is 4.14. The van der Waals surface area contributed by atoms with E-state index in [2.05, 4.69) is 50.0 Å². The van der Waals surface area contributed by atoms with E-state index < -0.39 is 5.54 Å². The SMILES string of the molecule is C=C1N[C@](C)(c2cccc(-c3cccc(OC)c3)c2)[C@@H](CC)C(=O)N1C. The quantitative estimate of drug-likeness (QED) is 0.901. The van der Waals surface area contributed by atoms with E-state index >= 15 is 0 Å². The molecule has 0 bridgehead atoms. The van der Waals surface area contributed by atoms with Gasteiger partial charge in [0, 0.05) is 7.05 Å². The van der Waals surface area contributed by atoms with Crippen molar-refractivity contribution in [3.63, 3.8) is 0 Å². The van der Waals surface area contributed by atoms with Crippen LogP contribution < -0.4 is 10.1 Å². The zero-order valence-corrected chi connectivity index (χ0v) is 15.9. The summed E-state index contributed by atoms with van der Waals surface area (Å²) in [5.41, 5.74) is 2.76. The third-order valence-corrected chi connectivity index (χ3v) is 5.41. The molecule has 1 fully saturated rings. The Morgan fingerprint density at radius 1 is 1.19 bits per heavy atom. The van der Waals surface area contributed by atoms with Gasteiger partial charge in [-0.1, -0.05) is 43.8 Å². The van der Waals surface area contributed by atoms with Gasteiger partial charge in [0.2, 0.25) is 5.91 Å². The molecule has 2 atom stereocenters. The number of nitrogens with one attached hydrogen (secondary N) is 1. The summed E-state index contributed by atoms with van der Waals surface area (Å²) in [7, 11) is 3.44. The molecule has 1 aliphatic heterocycles. The molecule has 1 saturated heterocycles. The van der Waals surface area contributed by atoms with Gasteiger partial charge in [0.1, 0.15) is 11.6 Å². The van der Waals surface area contributed by atoms with Gasteiger partial charge in [-0.15, -0.1) is 0 Å². The summed E-state index contributed by atoms with van der Waals surface area (Å²) >= 11 is 0. The lowest BCUT2D eigenvalue weighted by Gasteiger charge is -2.46. The van der Waals surface area contributed by atoms with Crippen molar-refractivity contribution in [2.24, 2.45) is 5.92 Å². The number of amides is 1. The van der Waals surface area contributed by atoms with Crippen LogP contribution in [0.2, 0.25) is 0 Å². The van der Waals surface area contributed by atoms with Crippen molar-refractivity contribution >= 4 is 5.91 Å². The van der Waals surface area contributed by atoms with Gasteiger partial charge in [0.25, 0.3) is 0 Å². The number of benzene rings is 2. The number of ether oxygens (including phenoxy) is 1. The number of methoxy groups -OCH3 is 1. The zero-order chi connectivity index (χ0) is 18.9. The first-order valence-electron chi connectivity index (χ1n) is 8.90. The Hall–Kier alpha value is -2.75. The highest BCUT2D eigenvalue weighted by molar-refractivity contribution is 5.83. The molecule has 1 N–H and O–H groups in total. The molecule has 26 heavy (non-hydrogen) atoms. The maximum Gasteiger partial charge on any atom is 0.233 e. The molecule has 1 amide bonds. The van der Waals surface area contributed by atoms with Crippen LogP contribution in [0.1, 0.15) is 25.8 Å². The maximum atomic E-state index is 12.8. The lowest BCUT2D eigenvalue weighted by Crippen LogP contribution is -2.59. The number of hydrogen-bond donors (Lipinski definition) is 1. The normalized spacial score (nSPS) is 22.9. The summed E-state index contributed by atoms with van der Waals surface area (Å²) in [5.74, 6) is 1.41. The van der Waals surface area contributed by atoms with Crippen LogP contribution in [-0.4, -0.2) is 25.0 Å². The van der Waals surface area contributed by atoms with E-state index in [1.54, 1.807) is 19.1 Å². The van der Waals surface area contributed by atoms with Crippen LogP contribution in [0.15, 0.2) is 60.9 Å². The fraction of sp³-hybridized carbons (Fsp3) is 0.318. The zero-order valence-electron chi connectivity index (χ0n) is 15.9. The van der Waals surface area contributed by atoms with E-state index in [1.807, 2.05) is 24.3 Å². The molecule has 4 nitrogen and oxygen atoms in total. The monoisotopic (exact) mass is 350 g/mol. The molecular weight excluding hydrogens is 324 g/mol. The topological polar surface area (TPSA) is 41.6 Å². The van der Waals surface area contributed by atoms with Crippen LogP contribution in [0.4, 0.5) is 0 Å². The van der Waals surface area contributed by atoms with Crippen LogP contribution in [0, 0.1) is 5.92 Å². The second-order valence-corrected chi connectivity index (χ2v) is 6.94. The Bertz CT molecular complexity index is 846. The smallest absolute Gasteiger partial charge is 0.233 e. The van der Waals surface area contributed by atoms with Gasteiger partial charge in [-0.25, -0.2) is 0 Å². The molecule has 0 aromatic heterocycles. The average Bonchev–Trinajstić information content (AvgIpc) is 2.67. The third kappa shape index (κ3) is 2.96. The van der Waals surface area contributed by atoms with Gasteiger partial charge in [-0.3, -0.25) is 4.79 Å². The van der Waals surface area contributed by atoms with Gasteiger partial charge < -0.3 is 15.0 Å². The number of carbonyl (C=O) groups is 1. The van der Waals surface area contributed by atoms with Crippen molar-refractivity contribution < 1.29 is 9.53 Å². The van der Waals surface area contributed by atoms with Crippen LogP contribution in [0.3, 0.4) is 0 Å². The summed E-state index contributed by atoms with van der Waals surface area (Å²) in [6, 6.07) is 16.3. The highest BCUT2D eigenvalue weighted by Gasteiger charge is 2.45. The van der Waals surface area contributed by atoms with E-state index in [9.17, 15) is 4.79 Å². The molecule has 136 valence electrons. The second-order valence-electron chi connectivity index (χ2n) is 6.94. The molecule has 1 heterocycles. The number of rotatable bonds is 4. The molecule has 4 heteroatoms. The first-order chi connectivity index (χ1) is 12.4. The second kappa shape index (κ2) is 6.87. The third-order valence-electron chi connectivity index (χ3n) is 5.41. The Morgan fingerprint density at radius 2 is 1.85 bits per heavy atom. The van der Waals surface area contributed by atoms with Crippen molar-refractivity contribution in [1.29, 1.82) is 0 Å². The van der Waals surface area contributed by atoms with Crippen LogP contribution in [0.5, 0.6) is 5.75 Å². The summed E-state index contributed by atoms with van der Waals surface area (Å²) in [6.07, 6.45) is 0.753. The standard InChI is InChI=1S/C22H26N2O2/c1-6-20-21(25)24(4)15(2)23-22(20,3)18-11-7-9-16(13-18)17-10-8-12-19(14-17)26-5/h7-14,20,23H,2,6H2,1,3-5H3/t20-,22+/m0/s1. The van der Waals surface area contributed by atoms with Crippen molar-refractivity contribution in [2.45, 2.75) is 25.8 Å². The molecule has 0 aliphatic carbocycles. The lowest BCUT2D eigenvalue weighted by molar-refractivity contribution is -0.139. The molecule has 0 spiro atoms. The first-order valence-corrected chi connectivity index (χ1v) is 8.90. The fourth-order valence-electron chi connectivity index (χ4n) is 3.77. The van der Waals surface area contributed by atoms with Crippen molar-refractivity contribution in [3.05, 3.63) is 66.5 Å². The van der Waals surface area contributed by atoms with Gasteiger partial charge >= 0.3 is 0 Å². The molecular formula is C22H26N2O2. The number of carbonyl (C=O) groups excluding carboxylic acids is 1. The molecule has 0 radical (unpaired) electrons. The molecule has 2 aromatic carbocycles. The summed E-state index contributed by atoms with van der Waals surface area (Å²) < 4.78 is 5.34. The van der Waals surface area contributed by atoms with E-state index in [0.29, 0.717) is 5.82 Å². The Labute approximate surface area is 155 Å². The highest BCUT2D eigenvalue weighted by Crippen LogP contribution is 2.39. The minimum atomic E-state index is -0.496. The first kappa shape index (κ1) is 18.1. The summed E-state index contributed by atoms with van der Waals surface area (Å²) in [4.78, 5) is 14.4. The maximum absolute atomic E-state index is 12.8. The van der Waals surface area contributed by atoms with Crippen LogP contribution >= 0.6 is 0 Å². The van der Waals surface area contributed by atoms with Crippen LogP contribution in [-0.2, 0) is 10.3 Å². The fourth-order valence-corrected chi connectivity index (χ4v) is 3.77. The molecule has 3 rings (SSSR count). The van der Waals surface area contributed by atoms with Crippen molar-refractivity contribution in [2.75, 3.05) is 14.2 Å². The van der Waals surface area contributed by atoms with E-state index in [4.69, 9.17) is 4.74 Å². The molecule has 1 aliphatic rings. The van der Waals surface area contributed by atoms with Crippen molar-refractivity contribution in [3.8, 4) is 16.9 Å². The van der Waals surface area contributed by atoms with Crippen molar-refractivity contribution in [1.82, 2.24) is 10.2 Å². The minimum absolute atomic E-state index is 0.102. The van der Waals surface area contributed by atoms with E-state index in [-0.39, 0.29) is 11.8 Å². The van der Waals surface area contributed by atoms with Gasteiger partial charge in [0.05, 0.1) is 18.6 Å². The average molecular weight is 350 g/mol. The Balaban J connectivity index is 2.05. The van der Waals surface area contributed by atoms with Gasteiger partial charge in [0.15, 0.2) is 0 Å². The molecule has 2 aromatic rings. The highest BCUT2D eigenvalue weighted by atomic mass is 16.5. The lowest BCUT2D eigenvalue weighted by atomic mass is 9.75.